The first-order valence-electron chi connectivity index (χ1n) is 11.8. The average Bonchev–Trinajstić information content (AvgIpc) is 2.82. The van der Waals surface area contributed by atoms with Crippen LogP contribution < -0.4 is 15.4 Å². The third kappa shape index (κ3) is 8.97. The standard InChI is InChI=1S/C26H36NO8P/c1-7-33-36(30,34-8-2)23-17-20(14-15-22(23)32-18-19-12-10-9-11-13-19)16-21(24(28)31-6)27-25(29)35-26(3,4)5/h9-15,17,21H,7-8,16,18H2,1-6H3,(H,27,29). The molecule has 0 aliphatic heterocycles. The minimum absolute atomic E-state index is 0.0517. The number of alkyl carbamates (subject to hydrolysis) is 1. The molecule has 0 aromatic heterocycles. The van der Waals surface area contributed by atoms with Crippen LogP contribution in [-0.4, -0.2) is 44.0 Å². The minimum Gasteiger partial charge on any atom is -0.488 e. The monoisotopic (exact) mass is 521 g/mol. The maximum absolute atomic E-state index is 13.7. The highest BCUT2D eigenvalue weighted by molar-refractivity contribution is 7.62. The number of hydrogen-bond acceptors (Lipinski definition) is 8. The van der Waals surface area contributed by atoms with E-state index in [-0.39, 0.29) is 31.5 Å². The summed E-state index contributed by atoms with van der Waals surface area (Å²) in [6.45, 7) is 9.17. The van der Waals surface area contributed by atoms with E-state index in [1.807, 2.05) is 30.3 Å². The van der Waals surface area contributed by atoms with Crippen LogP contribution in [0.4, 0.5) is 4.79 Å². The molecule has 0 aliphatic rings. The second-order valence-corrected chi connectivity index (χ2v) is 10.8. The third-order valence-electron chi connectivity index (χ3n) is 4.77. The van der Waals surface area contributed by atoms with Gasteiger partial charge in [-0.2, -0.15) is 0 Å². The van der Waals surface area contributed by atoms with E-state index in [0.29, 0.717) is 11.3 Å². The second kappa shape index (κ2) is 13.4. The van der Waals surface area contributed by atoms with Gasteiger partial charge in [0.2, 0.25) is 0 Å². The van der Waals surface area contributed by atoms with Gasteiger partial charge in [-0.1, -0.05) is 36.4 Å². The molecule has 10 heteroatoms. The first-order chi connectivity index (χ1) is 17.0. The number of benzene rings is 2. The van der Waals surface area contributed by atoms with Crippen molar-refractivity contribution in [1.29, 1.82) is 0 Å². The van der Waals surface area contributed by atoms with E-state index >= 15 is 0 Å². The number of rotatable bonds is 12. The lowest BCUT2D eigenvalue weighted by Crippen LogP contribution is -2.45. The van der Waals surface area contributed by atoms with Gasteiger partial charge < -0.3 is 28.6 Å². The van der Waals surface area contributed by atoms with E-state index in [1.54, 1.807) is 52.8 Å². The van der Waals surface area contributed by atoms with Crippen molar-refractivity contribution in [3.63, 3.8) is 0 Å². The molecule has 0 spiro atoms. The summed E-state index contributed by atoms with van der Waals surface area (Å²) in [5, 5.41) is 2.78. The quantitative estimate of drug-likeness (QED) is 0.314. The smallest absolute Gasteiger partial charge is 0.408 e. The second-order valence-electron chi connectivity index (χ2n) is 8.84. The molecule has 0 aliphatic carbocycles. The number of hydrogen-bond donors (Lipinski definition) is 1. The highest BCUT2D eigenvalue weighted by Crippen LogP contribution is 2.49. The summed E-state index contributed by atoms with van der Waals surface area (Å²) in [6.07, 6.45) is -0.703. The van der Waals surface area contributed by atoms with E-state index in [2.05, 4.69) is 5.32 Å². The van der Waals surface area contributed by atoms with Crippen molar-refractivity contribution in [3.8, 4) is 5.75 Å². The van der Waals surface area contributed by atoms with Crippen LogP contribution in [0.2, 0.25) is 0 Å². The number of methoxy groups -OCH3 is 1. The fraction of sp³-hybridized carbons (Fsp3) is 0.462. The SMILES string of the molecule is CCOP(=O)(OCC)c1cc(CC(NC(=O)OC(C)(C)C)C(=O)OC)ccc1OCc1ccccc1. The predicted molar refractivity (Wildman–Crippen MR) is 137 cm³/mol. The number of nitrogens with one attached hydrogen (secondary N) is 1. The summed E-state index contributed by atoms with van der Waals surface area (Å²) in [6, 6.07) is 13.5. The molecule has 0 fully saturated rings. The topological polar surface area (TPSA) is 109 Å². The number of amides is 1. The van der Waals surface area contributed by atoms with E-state index in [0.717, 1.165) is 5.56 Å². The minimum atomic E-state index is -3.74. The summed E-state index contributed by atoms with van der Waals surface area (Å²) in [4.78, 5) is 24.7. The molecule has 1 unspecified atom stereocenters. The van der Waals surface area contributed by atoms with E-state index in [9.17, 15) is 14.2 Å². The Hall–Kier alpha value is -2.87. The van der Waals surface area contributed by atoms with Crippen LogP contribution in [0.1, 0.15) is 45.7 Å². The van der Waals surface area contributed by atoms with Gasteiger partial charge in [0.05, 0.1) is 20.3 Å². The molecule has 9 nitrogen and oxygen atoms in total. The van der Waals surface area contributed by atoms with Gasteiger partial charge in [0.1, 0.15) is 29.3 Å². The van der Waals surface area contributed by atoms with E-state index in [4.69, 9.17) is 23.3 Å². The normalized spacial score (nSPS) is 12.5. The third-order valence-corrected chi connectivity index (χ3v) is 6.91. The predicted octanol–water partition coefficient (Wildman–Crippen LogP) is 4.77. The molecule has 0 saturated heterocycles. The lowest BCUT2D eigenvalue weighted by atomic mass is 10.1. The fourth-order valence-corrected chi connectivity index (χ4v) is 5.06. The Morgan fingerprint density at radius 1 is 0.972 bits per heavy atom. The lowest BCUT2D eigenvalue weighted by molar-refractivity contribution is -0.143. The van der Waals surface area contributed by atoms with Gasteiger partial charge >= 0.3 is 19.7 Å². The Morgan fingerprint density at radius 2 is 1.61 bits per heavy atom. The summed E-state index contributed by atoms with van der Waals surface area (Å²) < 4.78 is 41.0. The Balaban J connectivity index is 2.39. The average molecular weight is 522 g/mol. The summed E-state index contributed by atoms with van der Waals surface area (Å²) in [5.74, 6) is -0.313. The highest BCUT2D eigenvalue weighted by Gasteiger charge is 2.32. The van der Waals surface area contributed by atoms with Crippen LogP contribution in [0, 0.1) is 0 Å². The molecule has 0 bridgehead atoms. The van der Waals surface area contributed by atoms with Crippen LogP contribution >= 0.6 is 7.60 Å². The van der Waals surface area contributed by atoms with Crippen LogP contribution in [0.15, 0.2) is 48.5 Å². The maximum atomic E-state index is 13.7. The van der Waals surface area contributed by atoms with Gasteiger partial charge in [0.15, 0.2) is 0 Å². The fourth-order valence-electron chi connectivity index (χ4n) is 3.30. The van der Waals surface area contributed by atoms with Crippen molar-refractivity contribution in [2.75, 3.05) is 20.3 Å². The summed E-state index contributed by atoms with van der Waals surface area (Å²) in [5.41, 5.74) is 0.780. The molecule has 0 saturated carbocycles. The Bertz CT molecular complexity index is 1040. The largest absolute Gasteiger partial charge is 0.488 e. The highest BCUT2D eigenvalue weighted by atomic mass is 31.2. The van der Waals surface area contributed by atoms with Crippen molar-refractivity contribution in [3.05, 3.63) is 59.7 Å². The maximum Gasteiger partial charge on any atom is 0.408 e. The van der Waals surface area contributed by atoms with Crippen LogP contribution in [0.5, 0.6) is 5.75 Å². The number of carbonyl (C=O) groups is 2. The van der Waals surface area contributed by atoms with Crippen molar-refractivity contribution < 1.29 is 37.4 Å². The number of carbonyl (C=O) groups excluding carboxylic acids is 2. The van der Waals surface area contributed by atoms with Crippen LogP contribution in [-0.2, 0) is 40.9 Å². The van der Waals surface area contributed by atoms with Gasteiger partial charge in [-0.25, -0.2) is 9.59 Å². The molecule has 2 aromatic rings. The molecule has 1 atom stereocenters. The number of ether oxygens (including phenoxy) is 3. The molecule has 1 amide bonds. The van der Waals surface area contributed by atoms with E-state index < -0.39 is 31.3 Å². The molecular formula is C26H36NO8P. The van der Waals surface area contributed by atoms with Gasteiger partial charge in [-0.05, 0) is 57.9 Å². The van der Waals surface area contributed by atoms with Gasteiger partial charge in [0.25, 0.3) is 0 Å². The van der Waals surface area contributed by atoms with E-state index in [1.165, 1.54) is 7.11 Å². The lowest BCUT2D eigenvalue weighted by Gasteiger charge is -2.24. The molecule has 36 heavy (non-hydrogen) atoms. The Morgan fingerprint density at radius 3 is 2.17 bits per heavy atom. The zero-order valence-corrected chi connectivity index (χ0v) is 22.6. The zero-order valence-electron chi connectivity index (χ0n) is 21.7. The van der Waals surface area contributed by atoms with Crippen molar-refractivity contribution in [2.24, 2.45) is 0 Å². The molecule has 1 N–H and O–H groups in total. The molecule has 0 heterocycles. The molecule has 0 radical (unpaired) electrons. The van der Waals surface area contributed by atoms with Gasteiger partial charge in [-0.15, -0.1) is 0 Å². The van der Waals surface area contributed by atoms with Crippen molar-refractivity contribution in [2.45, 2.75) is 59.3 Å². The molecule has 2 aromatic carbocycles. The van der Waals surface area contributed by atoms with Crippen molar-refractivity contribution >= 4 is 25.0 Å². The van der Waals surface area contributed by atoms with Gasteiger partial charge in [0, 0.05) is 6.42 Å². The molecule has 198 valence electrons. The number of esters is 1. The Kier molecular flexibility index (Phi) is 11.0. The molecular weight excluding hydrogens is 485 g/mol. The van der Waals surface area contributed by atoms with Crippen LogP contribution in [0.3, 0.4) is 0 Å². The first kappa shape index (κ1) is 29.4. The summed E-state index contributed by atoms with van der Waals surface area (Å²) in [7, 11) is -2.51. The van der Waals surface area contributed by atoms with Crippen LogP contribution in [0.25, 0.3) is 0 Å². The summed E-state index contributed by atoms with van der Waals surface area (Å²) >= 11 is 0. The van der Waals surface area contributed by atoms with Gasteiger partial charge in [-0.3, -0.25) is 4.57 Å². The molecule has 2 rings (SSSR count). The zero-order chi connectivity index (χ0) is 26.8. The first-order valence-corrected chi connectivity index (χ1v) is 13.3. The Labute approximate surface area is 213 Å². The van der Waals surface area contributed by atoms with Crippen molar-refractivity contribution in [1.82, 2.24) is 5.32 Å².